The van der Waals surface area contributed by atoms with Gasteiger partial charge in [0, 0.05) is 6.04 Å². The molecule has 1 unspecified atom stereocenters. The zero-order valence-corrected chi connectivity index (χ0v) is 12.8. The lowest BCUT2D eigenvalue weighted by molar-refractivity contribution is 0.197. The minimum absolute atomic E-state index is 0.382. The summed E-state index contributed by atoms with van der Waals surface area (Å²) in [6, 6.07) is 8.59. The van der Waals surface area contributed by atoms with E-state index in [1.165, 1.54) is 31.2 Å². The molecule has 0 saturated heterocycles. The second kappa shape index (κ2) is 7.65. The lowest BCUT2D eigenvalue weighted by atomic mass is 9.78. The summed E-state index contributed by atoms with van der Waals surface area (Å²) in [6.45, 7) is 5.16. The average Bonchev–Trinajstić information content (AvgIpc) is 2.45. The van der Waals surface area contributed by atoms with E-state index in [1.807, 2.05) is 12.1 Å². The van der Waals surface area contributed by atoms with Gasteiger partial charge in [-0.15, -0.1) is 0 Å². The van der Waals surface area contributed by atoms with Crippen LogP contribution in [0.4, 0.5) is 0 Å². The smallest absolute Gasteiger partial charge is 0.119 e. The van der Waals surface area contributed by atoms with E-state index in [9.17, 15) is 0 Å². The van der Waals surface area contributed by atoms with Gasteiger partial charge in [-0.05, 0) is 55.7 Å². The summed E-state index contributed by atoms with van der Waals surface area (Å²) in [5, 5.41) is 0. The Balaban J connectivity index is 1.76. The highest BCUT2D eigenvalue weighted by Gasteiger charge is 2.25. The SMILES string of the molecule is Cc1cccc(OCCC(NN)C2CCC(C)CC2)c1. The molecular formula is C17H28N2O. The molecule has 3 nitrogen and oxygen atoms in total. The number of nitrogens with one attached hydrogen (secondary N) is 1. The van der Waals surface area contributed by atoms with Crippen LogP contribution in [0.2, 0.25) is 0 Å². The first-order chi connectivity index (χ1) is 9.69. The van der Waals surface area contributed by atoms with Crippen molar-refractivity contribution in [2.24, 2.45) is 17.7 Å². The van der Waals surface area contributed by atoms with Gasteiger partial charge in [0.2, 0.25) is 0 Å². The molecule has 1 aliphatic rings. The van der Waals surface area contributed by atoms with Crippen molar-refractivity contribution in [3.8, 4) is 5.75 Å². The second-order valence-corrected chi connectivity index (χ2v) is 6.25. The molecule has 1 aliphatic carbocycles. The predicted molar refractivity (Wildman–Crippen MR) is 83.5 cm³/mol. The van der Waals surface area contributed by atoms with Crippen molar-refractivity contribution in [3.63, 3.8) is 0 Å². The Morgan fingerprint density at radius 1 is 1.30 bits per heavy atom. The molecule has 112 valence electrons. The fourth-order valence-electron chi connectivity index (χ4n) is 3.15. The van der Waals surface area contributed by atoms with E-state index in [0.29, 0.717) is 12.0 Å². The normalized spacial score (nSPS) is 24.4. The van der Waals surface area contributed by atoms with Gasteiger partial charge < -0.3 is 4.74 Å². The lowest BCUT2D eigenvalue weighted by Crippen LogP contribution is -2.43. The summed E-state index contributed by atoms with van der Waals surface area (Å²) in [6.07, 6.45) is 6.23. The fraction of sp³-hybridized carbons (Fsp3) is 0.647. The Morgan fingerprint density at radius 2 is 2.05 bits per heavy atom. The van der Waals surface area contributed by atoms with E-state index in [1.54, 1.807) is 0 Å². The van der Waals surface area contributed by atoms with Gasteiger partial charge in [0.15, 0.2) is 0 Å². The molecule has 1 fully saturated rings. The van der Waals surface area contributed by atoms with Gasteiger partial charge in [0.05, 0.1) is 6.61 Å². The quantitative estimate of drug-likeness (QED) is 0.618. The molecule has 1 aromatic rings. The van der Waals surface area contributed by atoms with Gasteiger partial charge in [-0.3, -0.25) is 11.3 Å². The molecule has 0 amide bonds. The van der Waals surface area contributed by atoms with Crippen LogP contribution >= 0.6 is 0 Å². The monoisotopic (exact) mass is 276 g/mol. The van der Waals surface area contributed by atoms with Crippen LogP contribution in [0.25, 0.3) is 0 Å². The predicted octanol–water partition coefficient (Wildman–Crippen LogP) is 3.42. The molecule has 0 bridgehead atoms. The molecule has 1 aromatic carbocycles. The summed E-state index contributed by atoms with van der Waals surface area (Å²) >= 11 is 0. The summed E-state index contributed by atoms with van der Waals surface area (Å²) < 4.78 is 5.84. The molecule has 0 radical (unpaired) electrons. The van der Waals surface area contributed by atoms with E-state index < -0.39 is 0 Å². The van der Waals surface area contributed by atoms with Crippen molar-refractivity contribution in [2.45, 2.75) is 52.0 Å². The van der Waals surface area contributed by atoms with Crippen molar-refractivity contribution >= 4 is 0 Å². The standard InChI is InChI=1S/C17H28N2O/c1-13-6-8-15(9-7-13)17(19-18)10-11-20-16-5-3-4-14(2)12-16/h3-5,12-13,15,17,19H,6-11,18H2,1-2H3. The van der Waals surface area contributed by atoms with Gasteiger partial charge in [0.25, 0.3) is 0 Å². The molecule has 3 N–H and O–H groups in total. The van der Waals surface area contributed by atoms with Crippen LogP contribution in [0, 0.1) is 18.8 Å². The van der Waals surface area contributed by atoms with Crippen molar-refractivity contribution in [2.75, 3.05) is 6.61 Å². The van der Waals surface area contributed by atoms with Crippen molar-refractivity contribution in [1.29, 1.82) is 0 Å². The van der Waals surface area contributed by atoms with Gasteiger partial charge in [0.1, 0.15) is 5.75 Å². The minimum atomic E-state index is 0.382. The van der Waals surface area contributed by atoms with Crippen molar-refractivity contribution in [1.82, 2.24) is 5.43 Å². The number of aryl methyl sites for hydroxylation is 1. The molecular weight excluding hydrogens is 248 g/mol. The largest absolute Gasteiger partial charge is 0.494 e. The lowest BCUT2D eigenvalue weighted by Gasteiger charge is -2.32. The Morgan fingerprint density at radius 3 is 2.70 bits per heavy atom. The third kappa shape index (κ3) is 4.50. The van der Waals surface area contributed by atoms with E-state index in [-0.39, 0.29) is 0 Å². The van der Waals surface area contributed by atoms with Crippen molar-refractivity contribution in [3.05, 3.63) is 29.8 Å². The third-order valence-electron chi connectivity index (χ3n) is 4.53. The van der Waals surface area contributed by atoms with E-state index in [0.717, 1.165) is 24.7 Å². The Labute approximate surface area is 122 Å². The molecule has 1 saturated carbocycles. The molecule has 1 atom stereocenters. The third-order valence-corrected chi connectivity index (χ3v) is 4.53. The first-order valence-electron chi connectivity index (χ1n) is 7.84. The maximum absolute atomic E-state index is 5.84. The number of nitrogens with two attached hydrogens (primary N) is 1. The van der Waals surface area contributed by atoms with E-state index in [4.69, 9.17) is 10.6 Å². The average molecular weight is 276 g/mol. The molecule has 3 heteroatoms. The van der Waals surface area contributed by atoms with Crippen molar-refractivity contribution < 1.29 is 4.74 Å². The maximum atomic E-state index is 5.84. The first kappa shape index (κ1) is 15.3. The Hall–Kier alpha value is -1.06. The van der Waals surface area contributed by atoms with Crippen LogP contribution < -0.4 is 16.0 Å². The molecule has 20 heavy (non-hydrogen) atoms. The highest BCUT2D eigenvalue weighted by atomic mass is 16.5. The van der Waals surface area contributed by atoms with Gasteiger partial charge in [-0.25, -0.2) is 0 Å². The zero-order valence-electron chi connectivity index (χ0n) is 12.8. The number of hydrazine groups is 1. The summed E-state index contributed by atoms with van der Waals surface area (Å²) in [5.41, 5.74) is 4.24. The van der Waals surface area contributed by atoms with Gasteiger partial charge in [-0.2, -0.15) is 0 Å². The fourth-order valence-corrected chi connectivity index (χ4v) is 3.15. The Kier molecular flexibility index (Phi) is 5.86. The van der Waals surface area contributed by atoms with E-state index >= 15 is 0 Å². The molecule has 0 aliphatic heterocycles. The minimum Gasteiger partial charge on any atom is -0.494 e. The van der Waals surface area contributed by atoms with Crippen LogP contribution in [-0.2, 0) is 0 Å². The summed E-state index contributed by atoms with van der Waals surface area (Å²) in [5.74, 6) is 8.28. The van der Waals surface area contributed by atoms with Gasteiger partial charge in [-0.1, -0.05) is 31.9 Å². The molecule has 0 spiro atoms. The molecule has 0 aromatic heterocycles. The number of hydrogen-bond donors (Lipinski definition) is 2. The van der Waals surface area contributed by atoms with Gasteiger partial charge >= 0.3 is 0 Å². The van der Waals surface area contributed by atoms with Crippen LogP contribution in [-0.4, -0.2) is 12.6 Å². The number of ether oxygens (including phenoxy) is 1. The van der Waals surface area contributed by atoms with Crippen LogP contribution in [0.5, 0.6) is 5.75 Å². The zero-order chi connectivity index (χ0) is 14.4. The highest BCUT2D eigenvalue weighted by molar-refractivity contribution is 5.27. The second-order valence-electron chi connectivity index (χ2n) is 6.25. The van der Waals surface area contributed by atoms with Crippen LogP contribution in [0.1, 0.15) is 44.6 Å². The number of benzene rings is 1. The maximum Gasteiger partial charge on any atom is 0.119 e. The number of hydrogen-bond acceptors (Lipinski definition) is 3. The summed E-state index contributed by atoms with van der Waals surface area (Å²) in [7, 11) is 0. The highest BCUT2D eigenvalue weighted by Crippen LogP contribution is 2.31. The number of rotatable bonds is 6. The van der Waals surface area contributed by atoms with E-state index in [2.05, 4.69) is 31.4 Å². The topological polar surface area (TPSA) is 47.3 Å². The first-order valence-corrected chi connectivity index (χ1v) is 7.84. The Bertz CT molecular complexity index is 400. The summed E-state index contributed by atoms with van der Waals surface area (Å²) in [4.78, 5) is 0. The molecule has 0 heterocycles. The van der Waals surface area contributed by atoms with Crippen LogP contribution in [0.3, 0.4) is 0 Å². The van der Waals surface area contributed by atoms with Crippen LogP contribution in [0.15, 0.2) is 24.3 Å². The molecule has 2 rings (SSSR count).